The molecule has 5 aromatic rings. The van der Waals surface area contributed by atoms with E-state index < -0.39 is 76.5 Å². The number of anilines is 2. The van der Waals surface area contributed by atoms with Crippen molar-refractivity contribution in [3.05, 3.63) is 154 Å². The fourth-order valence-corrected chi connectivity index (χ4v) is 15.6. The number of sulfone groups is 1. The van der Waals surface area contributed by atoms with Gasteiger partial charge < -0.3 is 10.2 Å². The number of benzene rings is 5. The van der Waals surface area contributed by atoms with Crippen LogP contribution in [0.4, 0.5) is 29.3 Å². The Bertz CT molecular complexity index is 3730. The number of hydrazine groups is 1. The second-order valence-corrected chi connectivity index (χ2v) is 28.7. The predicted molar refractivity (Wildman–Crippen MR) is 321 cm³/mol. The van der Waals surface area contributed by atoms with Crippen LogP contribution in [0.25, 0.3) is 5.57 Å². The highest BCUT2D eigenvalue weighted by molar-refractivity contribution is 7.99. The summed E-state index contributed by atoms with van der Waals surface area (Å²) in [6.07, 6.45) is 4.27. The summed E-state index contributed by atoms with van der Waals surface area (Å²) < 4.78 is 100. The number of hydrogen-bond donors (Lipinski definition) is 3. The molecular formula is C61H65ClF3N9O9S3. The summed E-state index contributed by atoms with van der Waals surface area (Å²) in [7, 11) is -11.1. The van der Waals surface area contributed by atoms with Gasteiger partial charge in [0.15, 0.2) is 0 Å². The number of hydrogen-bond acceptors (Lipinski definition) is 15. The molecule has 0 saturated carbocycles. The van der Waals surface area contributed by atoms with E-state index >= 15 is 0 Å². The standard InChI is InChI=1S/C61H65ClF3N9O9S3/c1-60(2)23-20-50(40-9-13-43(62)14-10-40)42(33-60)35-69-26-28-71(29-27-69)45-15-11-41(12-16-45)56(76)68-86(82,83)49-17-19-53(54(32-49)85(80,81)61(63,64)65)66-44(38-84-48-6-4-3-5-7-48)21-24-72-46-31-47(72)37-70(36-46)34-39-8-18-51-52(30-39)58(78)74(57(51)77)73-25-22-55(75)67-59(73)79/h3-19,30,32,44,46-47,66H,20-29,31,33-38H2,1-2H3,(H,68,76)(H,67,75,79)/t44-,46?,47?/m1/s1. The van der Waals surface area contributed by atoms with Crippen LogP contribution in [0, 0.1) is 5.41 Å². The summed E-state index contributed by atoms with van der Waals surface area (Å²) in [6.45, 7) is 10.6. The highest BCUT2D eigenvalue weighted by Crippen LogP contribution is 2.44. The number of halogens is 4. The largest absolute Gasteiger partial charge is 0.501 e. The van der Waals surface area contributed by atoms with Crippen molar-refractivity contribution in [3.8, 4) is 0 Å². The molecule has 86 heavy (non-hydrogen) atoms. The number of allylic oxidation sites excluding steroid dienone is 1. The summed E-state index contributed by atoms with van der Waals surface area (Å²) in [5.41, 5.74) is -0.211. The average molecular weight is 1260 g/mol. The Morgan fingerprint density at radius 3 is 2.17 bits per heavy atom. The Kier molecular flexibility index (Phi) is 17.3. The number of nitrogens with zero attached hydrogens (tertiary/aromatic N) is 6. The van der Waals surface area contributed by atoms with Crippen LogP contribution in [0.15, 0.2) is 136 Å². The molecule has 1 aliphatic carbocycles. The fourth-order valence-electron chi connectivity index (χ4n) is 12.5. The van der Waals surface area contributed by atoms with Gasteiger partial charge in [-0.2, -0.15) is 18.2 Å². The first-order chi connectivity index (χ1) is 40.9. The number of piperidine rings is 1. The zero-order valence-corrected chi connectivity index (χ0v) is 50.5. The maximum Gasteiger partial charge on any atom is 0.501 e. The molecule has 6 amide bonds. The number of amides is 6. The van der Waals surface area contributed by atoms with Crippen molar-refractivity contribution < 1.29 is 54.0 Å². The van der Waals surface area contributed by atoms with Crippen molar-refractivity contribution in [3.63, 3.8) is 0 Å². The van der Waals surface area contributed by atoms with E-state index in [1.807, 2.05) is 47.2 Å². The zero-order chi connectivity index (χ0) is 60.9. The molecule has 18 nitrogen and oxygen atoms in total. The molecule has 3 N–H and O–H groups in total. The number of piperazine rings is 2. The van der Waals surface area contributed by atoms with Crippen LogP contribution >= 0.6 is 23.4 Å². The van der Waals surface area contributed by atoms with Gasteiger partial charge in [-0.15, -0.1) is 11.8 Å². The number of rotatable bonds is 19. The Balaban J connectivity index is 0.729. The number of urea groups is 1. The van der Waals surface area contributed by atoms with E-state index in [0.29, 0.717) is 56.8 Å². The molecule has 3 atom stereocenters. The highest BCUT2D eigenvalue weighted by atomic mass is 35.5. The SMILES string of the molecule is CC1(C)CCC(c2ccc(Cl)cc2)=C(CN2CCN(c3ccc(C(=O)NS(=O)(=O)c4ccc(N[C@H](CCN5C6CC5CN(Cc5ccc7c(c5)C(=O)N(N5CCC(=O)NC5=O)C7=O)C6)CSc5ccccc5)c(S(=O)(=O)C(F)(F)F)c4)cc3)CC2)C1. The number of nitrogens with one attached hydrogen (secondary N) is 3. The van der Waals surface area contributed by atoms with Crippen molar-refractivity contribution in [2.24, 2.45) is 5.41 Å². The Labute approximate surface area is 507 Å². The van der Waals surface area contributed by atoms with E-state index in [1.54, 1.807) is 30.3 Å². The molecule has 25 heteroatoms. The van der Waals surface area contributed by atoms with Crippen molar-refractivity contribution >= 4 is 89.8 Å². The number of carbonyl (C=O) groups is 5. The van der Waals surface area contributed by atoms with E-state index in [9.17, 15) is 54.0 Å². The summed E-state index contributed by atoms with van der Waals surface area (Å²) in [6, 6.07) is 29.7. The second-order valence-electron chi connectivity index (χ2n) is 23.5. The first-order valence-corrected chi connectivity index (χ1v) is 32.8. The second kappa shape index (κ2) is 24.4. The number of carbonyl (C=O) groups excluding carboxylic acids is 5. The molecule has 0 aromatic heterocycles. The third-order valence-electron chi connectivity index (χ3n) is 17.0. The molecule has 5 fully saturated rings. The normalized spacial score (nSPS) is 20.8. The smallest absolute Gasteiger partial charge is 0.380 e. The van der Waals surface area contributed by atoms with E-state index in [1.165, 1.54) is 40.6 Å². The minimum atomic E-state index is -6.16. The minimum absolute atomic E-state index is 0.0347. The molecule has 0 radical (unpaired) electrons. The van der Waals surface area contributed by atoms with Gasteiger partial charge in [0, 0.05) is 110 Å². The Morgan fingerprint density at radius 2 is 1.49 bits per heavy atom. The molecule has 6 aliphatic heterocycles. The van der Waals surface area contributed by atoms with Crippen molar-refractivity contribution in [1.82, 2.24) is 34.8 Å². The van der Waals surface area contributed by atoms with Crippen LogP contribution in [0.5, 0.6) is 0 Å². The van der Waals surface area contributed by atoms with Gasteiger partial charge in [0.2, 0.25) is 5.91 Å². The first-order valence-electron chi connectivity index (χ1n) is 28.5. The number of alkyl halides is 3. The molecule has 454 valence electrons. The molecule has 5 saturated heterocycles. The molecule has 5 aromatic carbocycles. The van der Waals surface area contributed by atoms with E-state index in [-0.39, 0.29) is 52.9 Å². The molecular weight excluding hydrogens is 1190 g/mol. The van der Waals surface area contributed by atoms with Crippen LogP contribution < -0.4 is 20.3 Å². The predicted octanol–water partition coefficient (Wildman–Crippen LogP) is 8.91. The summed E-state index contributed by atoms with van der Waals surface area (Å²) in [5, 5.41) is 7.58. The van der Waals surface area contributed by atoms with Crippen LogP contribution in [-0.4, -0.2) is 160 Å². The van der Waals surface area contributed by atoms with E-state index in [4.69, 9.17) is 11.6 Å². The van der Waals surface area contributed by atoms with E-state index in [0.717, 1.165) is 83.6 Å². The van der Waals surface area contributed by atoms with Crippen molar-refractivity contribution in [2.75, 3.05) is 74.9 Å². The maximum atomic E-state index is 14.5. The van der Waals surface area contributed by atoms with Crippen molar-refractivity contribution in [2.45, 2.75) is 97.2 Å². The lowest BCUT2D eigenvalue weighted by Gasteiger charge is -2.57. The van der Waals surface area contributed by atoms with Gasteiger partial charge in [-0.3, -0.25) is 39.2 Å². The van der Waals surface area contributed by atoms with Crippen LogP contribution in [0.3, 0.4) is 0 Å². The quantitative estimate of drug-likeness (QED) is 0.0521. The molecule has 2 bridgehead atoms. The molecule has 12 rings (SSSR count). The van der Waals surface area contributed by atoms with Crippen LogP contribution in [-0.2, 0) is 31.2 Å². The Morgan fingerprint density at radius 1 is 0.791 bits per heavy atom. The lowest BCUT2D eigenvalue weighted by Crippen LogP contribution is -2.68. The fraction of sp³-hybridized carbons (Fsp3) is 0.393. The third kappa shape index (κ3) is 13.1. The Hall–Kier alpha value is -6.80. The van der Waals surface area contributed by atoms with E-state index in [2.05, 4.69) is 56.2 Å². The molecule has 6 heterocycles. The summed E-state index contributed by atoms with van der Waals surface area (Å²) in [4.78, 5) is 72.3. The summed E-state index contributed by atoms with van der Waals surface area (Å²) >= 11 is 7.63. The third-order valence-corrected chi connectivity index (χ3v) is 21.3. The molecule has 2 unspecified atom stereocenters. The lowest BCUT2D eigenvalue weighted by atomic mass is 9.73. The maximum absolute atomic E-state index is 14.5. The summed E-state index contributed by atoms with van der Waals surface area (Å²) in [5.74, 6) is -2.60. The molecule has 0 spiro atoms. The van der Waals surface area contributed by atoms with Gasteiger partial charge in [0.25, 0.3) is 37.6 Å². The van der Waals surface area contributed by atoms with Gasteiger partial charge >= 0.3 is 11.5 Å². The van der Waals surface area contributed by atoms with Gasteiger partial charge in [-0.25, -0.2) is 31.4 Å². The van der Waals surface area contributed by atoms with Gasteiger partial charge in [0.1, 0.15) is 4.90 Å². The average Bonchev–Trinajstić information content (AvgIpc) is 1.59. The number of sulfonamides is 1. The zero-order valence-electron chi connectivity index (χ0n) is 47.3. The van der Waals surface area contributed by atoms with Crippen LogP contribution in [0.2, 0.25) is 5.02 Å². The van der Waals surface area contributed by atoms with Gasteiger partial charge in [0.05, 0.1) is 28.3 Å². The number of fused-ring (bicyclic) bond motifs is 3. The van der Waals surface area contributed by atoms with Crippen molar-refractivity contribution in [1.29, 1.82) is 0 Å². The first kappa shape index (κ1) is 60.9. The van der Waals surface area contributed by atoms with Gasteiger partial charge in [-0.1, -0.05) is 67.4 Å². The highest BCUT2D eigenvalue weighted by Gasteiger charge is 2.49. The lowest BCUT2D eigenvalue weighted by molar-refractivity contribution is -0.122. The molecule has 7 aliphatic rings. The van der Waals surface area contributed by atoms with Crippen LogP contribution in [0.1, 0.15) is 94.6 Å². The topological polar surface area (TPSA) is 209 Å². The minimum Gasteiger partial charge on any atom is -0.380 e. The number of imide groups is 2. The number of thioether (sulfide) groups is 1. The van der Waals surface area contributed by atoms with Gasteiger partial charge in [-0.05, 0) is 133 Å². The monoisotopic (exact) mass is 1260 g/mol.